The van der Waals surface area contributed by atoms with E-state index in [1.54, 1.807) is 31.2 Å². The van der Waals surface area contributed by atoms with Gasteiger partial charge in [0.05, 0.1) is 17.7 Å². The van der Waals surface area contributed by atoms with Gasteiger partial charge in [0.15, 0.2) is 5.78 Å². The van der Waals surface area contributed by atoms with Gasteiger partial charge in [-0.3, -0.25) is 4.79 Å². The number of esters is 1. The molecule has 0 radical (unpaired) electrons. The summed E-state index contributed by atoms with van der Waals surface area (Å²) in [6.07, 6.45) is 0. The Hall–Kier alpha value is -3.15. The SMILES string of the molecule is CCOC(=O)c1ccc(C(=O)c2ccccc2N)cc1C(=O)O. The predicted molar refractivity (Wildman–Crippen MR) is 83.6 cm³/mol. The second-order valence-corrected chi connectivity index (χ2v) is 4.70. The fourth-order valence-corrected chi connectivity index (χ4v) is 2.11. The predicted octanol–water partition coefficient (Wildman–Crippen LogP) is 2.37. The Morgan fingerprint density at radius 2 is 1.74 bits per heavy atom. The molecule has 0 fully saturated rings. The van der Waals surface area contributed by atoms with E-state index in [1.165, 1.54) is 12.1 Å². The molecule has 0 heterocycles. The van der Waals surface area contributed by atoms with Crippen molar-refractivity contribution >= 4 is 23.4 Å². The Labute approximate surface area is 132 Å². The van der Waals surface area contributed by atoms with Crippen molar-refractivity contribution in [2.45, 2.75) is 6.92 Å². The second kappa shape index (κ2) is 6.74. The van der Waals surface area contributed by atoms with Crippen LogP contribution in [0, 0.1) is 0 Å². The lowest BCUT2D eigenvalue weighted by atomic mass is 9.97. The molecular formula is C17H15NO5. The zero-order valence-corrected chi connectivity index (χ0v) is 12.4. The summed E-state index contributed by atoms with van der Waals surface area (Å²) in [7, 11) is 0. The highest BCUT2D eigenvalue weighted by atomic mass is 16.5. The van der Waals surface area contributed by atoms with Gasteiger partial charge in [0.1, 0.15) is 0 Å². The summed E-state index contributed by atoms with van der Waals surface area (Å²) in [6, 6.07) is 10.3. The van der Waals surface area contributed by atoms with Crippen molar-refractivity contribution in [2.24, 2.45) is 0 Å². The number of ether oxygens (including phenoxy) is 1. The van der Waals surface area contributed by atoms with E-state index in [0.717, 1.165) is 6.07 Å². The van der Waals surface area contributed by atoms with E-state index >= 15 is 0 Å². The van der Waals surface area contributed by atoms with E-state index < -0.39 is 17.7 Å². The highest BCUT2D eigenvalue weighted by molar-refractivity contribution is 6.13. The summed E-state index contributed by atoms with van der Waals surface area (Å²) < 4.78 is 4.82. The number of aromatic carboxylic acids is 1. The number of ketones is 1. The van der Waals surface area contributed by atoms with Gasteiger partial charge in [-0.05, 0) is 31.2 Å². The molecule has 0 unspecified atom stereocenters. The number of carbonyl (C=O) groups excluding carboxylic acids is 2. The molecule has 23 heavy (non-hydrogen) atoms. The third-order valence-electron chi connectivity index (χ3n) is 3.21. The van der Waals surface area contributed by atoms with Gasteiger partial charge in [0, 0.05) is 16.8 Å². The monoisotopic (exact) mass is 313 g/mol. The van der Waals surface area contributed by atoms with Gasteiger partial charge >= 0.3 is 11.9 Å². The zero-order valence-electron chi connectivity index (χ0n) is 12.4. The molecule has 0 saturated carbocycles. The largest absolute Gasteiger partial charge is 0.478 e. The van der Waals surface area contributed by atoms with Crippen LogP contribution in [0.4, 0.5) is 5.69 Å². The summed E-state index contributed by atoms with van der Waals surface area (Å²) in [5.74, 6) is -2.48. The summed E-state index contributed by atoms with van der Waals surface area (Å²) >= 11 is 0. The molecule has 3 N–H and O–H groups in total. The number of carboxylic acid groups (broad SMARTS) is 1. The maximum atomic E-state index is 12.5. The van der Waals surface area contributed by atoms with Crippen LogP contribution in [0.25, 0.3) is 0 Å². The number of hydrogen-bond donors (Lipinski definition) is 2. The van der Waals surface area contributed by atoms with Gasteiger partial charge in [-0.15, -0.1) is 0 Å². The zero-order chi connectivity index (χ0) is 17.0. The number of nitrogens with two attached hydrogens (primary N) is 1. The Morgan fingerprint density at radius 1 is 1.04 bits per heavy atom. The molecule has 2 aromatic carbocycles. The number of hydrogen-bond acceptors (Lipinski definition) is 5. The van der Waals surface area contributed by atoms with Crippen LogP contribution < -0.4 is 5.73 Å². The first-order valence-electron chi connectivity index (χ1n) is 6.89. The lowest BCUT2D eigenvalue weighted by Crippen LogP contribution is -2.14. The number of carbonyl (C=O) groups is 3. The molecular weight excluding hydrogens is 298 g/mol. The number of rotatable bonds is 5. The van der Waals surface area contributed by atoms with Gasteiger partial charge in [0.25, 0.3) is 0 Å². The molecule has 0 aromatic heterocycles. The van der Waals surface area contributed by atoms with Crippen molar-refractivity contribution in [1.29, 1.82) is 0 Å². The van der Waals surface area contributed by atoms with Crippen molar-refractivity contribution in [2.75, 3.05) is 12.3 Å². The van der Waals surface area contributed by atoms with Crippen molar-refractivity contribution in [3.05, 3.63) is 64.7 Å². The van der Waals surface area contributed by atoms with Crippen LogP contribution in [-0.4, -0.2) is 29.4 Å². The van der Waals surface area contributed by atoms with Gasteiger partial charge in [-0.1, -0.05) is 18.2 Å². The number of benzene rings is 2. The average Bonchev–Trinajstić information content (AvgIpc) is 2.54. The smallest absolute Gasteiger partial charge is 0.338 e. The van der Waals surface area contributed by atoms with Gasteiger partial charge < -0.3 is 15.6 Å². The van der Waals surface area contributed by atoms with Crippen LogP contribution >= 0.6 is 0 Å². The Morgan fingerprint density at radius 3 is 2.35 bits per heavy atom. The first kappa shape index (κ1) is 16.2. The van der Waals surface area contributed by atoms with Gasteiger partial charge in [-0.25, -0.2) is 9.59 Å². The van der Waals surface area contributed by atoms with Gasteiger partial charge in [-0.2, -0.15) is 0 Å². The third-order valence-corrected chi connectivity index (χ3v) is 3.21. The maximum Gasteiger partial charge on any atom is 0.338 e. The average molecular weight is 313 g/mol. The first-order valence-corrected chi connectivity index (χ1v) is 6.89. The number of anilines is 1. The Kier molecular flexibility index (Phi) is 4.75. The minimum absolute atomic E-state index is 0.100. The van der Waals surface area contributed by atoms with Crippen LogP contribution in [0.3, 0.4) is 0 Å². The molecule has 6 nitrogen and oxygen atoms in total. The lowest BCUT2D eigenvalue weighted by molar-refractivity contribution is 0.0514. The fourth-order valence-electron chi connectivity index (χ4n) is 2.11. The van der Waals surface area contributed by atoms with Crippen LogP contribution in [-0.2, 0) is 4.74 Å². The van der Waals surface area contributed by atoms with E-state index in [9.17, 15) is 19.5 Å². The van der Waals surface area contributed by atoms with Crippen LogP contribution in [0.5, 0.6) is 0 Å². The topological polar surface area (TPSA) is 107 Å². The van der Waals surface area contributed by atoms with E-state index in [2.05, 4.69) is 0 Å². The van der Waals surface area contributed by atoms with Gasteiger partial charge in [0.2, 0.25) is 0 Å². The molecule has 0 atom stereocenters. The number of para-hydroxylation sites is 1. The molecule has 0 amide bonds. The molecule has 118 valence electrons. The van der Waals surface area contributed by atoms with Crippen molar-refractivity contribution in [3.63, 3.8) is 0 Å². The van der Waals surface area contributed by atoms with Crippen molar-refractivity contribution < 1.29 is 24.2 Å². The van der Waals surface area contributed by atoms with E-state index in [-0.39, 0.29) is 28.9 Å². The van der Waals surface area contributed by atoms with E-state index in [0.29, 0.717) is 5.69 Å². The summed E-state index contributed by atoms with van der Waals surface area (Å²) in [5, 5.41) is 9.27. The standard InChI is InChI=1S/C17H15NO5/c1-2-23-17(22)11-8-7-10(9-13(11)16(20)21)15(19)12-5-3-4-6-14(12)18/h3-9H,2,18H2,1H3,(H,20,21). The third kappa shape index (κ3) is 3.37. The summed E-state index contributed by atoms with van der Waals surface area (Å²) in [5.41, 5.74) is 6.07. The lowest BCUT2D eigenvalue weighted by Gasteiger charge is -2.09. The minimum atomic E-state index is -1.32. The van der Waals surface area contributed by atoms with E-state index in [4.69, 9.17) is 10.5 Å². The molecule has 0 aliphatic carbocycles. The highest BCUT2D eigenvalue weighted by Gasteiger charge is 2.21. The molecule has 0 saturated heterocycles. The molecule has 0 spiro atoms. The minimum Gasteiger partial charge on any atom is -0.478 e. The van der Waals surface area contributed by atoms with Crippen LogP contribution in [0.2, 0.25) is 0 Å². The highest BCUT2D eigenvalue weighted by Crippen LogP contribution is 2.20. The molecule has 2 aromatic rings. The summed E-state index contributed by atoms with van der Waals surface area (Å²) in [4.78, 5) is 35.6. The Bertz CT molecular complexity index is 782. The number of carboxylic acids is 1. The molecule has 6 heteroatoms. The van der Waals surface area contributed by atoms with Crippen molar-refractivity contribution in [1.82, 2.24) is 0 Å². The number of nitrogen functional groups attached to an aromatic ring is 1. The van der Waals surface area contributed by atoms with Crippen molar-refractivity contribution in [3.8, 4) is 0 Å². The molecule has 2 rings (SSSR count). The molecule has 0 aliphatic heterocycles. The first-order chi connectivity index (χ1) is 11.0. The van der Waals surface area contributed by atoms with E-state index in [1.807, 2.05) is 0 Å². The fraction of sp³-hybridized carbons (Fsp3) is 0.118. The van der Waals surface area contributed by atoms with Crippen LogP contribution in [0.15, 0.2) is 42.5 Å². The molecule has 0 aliphatic rings. The normalized spacial score (nSPS) is 10.1. The maximum absolute atomic E-state index is 12.5. The molecule has 0 bridgehead atoms. The quantitative estimate of drug-likeness (QED) is 0.498. The summed E-state index contributed by atoms with van der Waals surface area (Å²) in [6.45, 7) is 1.74. The Balaban J connectivity index is 2.48. The second-order valence-electron chi connectivity index (χ2n) is 4.70. The van der Waals surface area contributed by atoms with Crippen LogP contribution in [0.1, 0.15) is 43.6 Å².